The number of amides is 1. The SMILES string of the molecule is O=C(O)C1CCCC1C(=O)NC1CCCCC1CO. The standard InChI is InChI=1S/C14H23NO4/c16-8-9-4-1-2-7-12(9)15-13(17)10-5-3-6-11(10)14(18)19/h9-12,16H,1-8H2,(H,15,17)(H,18,19). The second-order valence-corrected chi connectivity index (χ2v) is 5.82. The minimum absolute atomic E-state index is 0.0151. The van der Waals surface area contributed by atoms with E-state index in [4.69, 9.17) is 5.11 Å². The molecule has 0 aromatic carbocycles. The topological polar surface area (TPSA) is 86.6 Å². The summed E-state index contributed by atoms with van der Waals surface area (Å²) in [5.74, 6) is -1.78. The molecule has 108 valence electrons. The Labute approximate surface area is 113 Å². The van der Waals surface area contributed by atoms with Gasteiger partial charge in [0.1, 0.15) is 0 Å². The zero-order valence-electron chi connectivity index (χ0n) is 11.2. The Morgan fingerprint density at radius 2 is 1.68 bits per heavy atom. The number of carbonyl (C=O) groups is 2. The number of carboxylic acid groups (broad SMARTS) is 1. The van der Waals surface area contributed by atoms with Crippen molar-refractivity contribution in [2.24, 2.45) is 17.8 Å². The van der Waals surface area contributed by atoms with Crippen LogP contribution in [0.2, 0.25) is 0 Å². The highest BCUT2D eigenvalue weighted by atomic mass is 16.4. The maximum absolute atomic E-state index is 12.2. The summed E-state index contributed by atoms with van der Waals surface area (Å²) in [6, 6.07) is 0.0151. The normalized spacial score (nSPS) is 35.0. The third kappa shape index (κ3) is 3.26. The van der Waals surface area contributed by atoms with Gasteiger partial charge in [0.05, 0.1) is 11.8 Å². The number of aliphatic carboxylic acids is 1. The third-order valence-corrected chi connectivity index (χ3v) is 4.64. The molecule has 1 amide bonds. The fraction of sp³-hybridized carbons (Fsp3) is 0.857. The highest BCUT2D eigenvalue weighted by Crippen LogP contribution is 2.33. The number of carboxylic acids is 1. The molecule has 2 fully saturated rings. The number of carbonyl (C=O) groups excluding carboxylic acids is 1. The maximum Gasteiger partial charge on any atom is 0.307 e. The van der Waals surface area contributed by atoms with Crippen LogP contribution in [0.15, 0.2) is 0 Å². The highest BCUT2D eigenvalue weighted by molar-refractivity contribution is 5.85. The number of hydrogen-bond donors (Lipinski definition) is 3. The van der Waals surface area contributed by atoms with Crippen LogP contribution in [0.3, 0.4) is 0 Å². The summed E-state index contributed by atoms with van der Waals surface area (Å²) in [4.78, 5) is 23.3. The molecular formula is C14H23NO4. The fourth-order valence-corrected chi connectivity index (χ4v) is 3.48. The Morgan fingerprint density at radius 1 is 1.00 bits per heavy atom. The van der Waals surface area contributed by atoms with Gasteiger partial charge in [-0.1, -0.05) is 19.3 Å². The van der Waals surface area contributed by atoms with Crippen LogP contribution in [0, 0.1) is 17.8 Å². The van der Waals surface area contributed by atoms with E-state index in [0.29, 0.717) is 12.8 Å². The van der Waals surface area contributed by atoms with Crippen LogP contribution in [-0.4, -0.2) is 34.7 Å². The van der Waals surface area contributed by atoms with Gasteiger partial charge in [0.2, 0.25) is 5.91 Å². The molecule has 2 aliphatic carbocycles. The van der Waals surface area contributed by atoms with Crippen molar-refractivity contribution in [3.63, 3.8) is 0 Å². The summed E-state index contributed by atoms with van der Waals surface area (Å²) in [5.41, 5.74) is 0. The summed E-state index contributed by atoms with van der Waals surface area (Å²) in [6.07, 6.45) is 6.06. The molecule has 0 radical (unpaired) electrons. The lowest BCUT2D eigenvalue weighted by Crippen LogP contribution is -2.46. The van der Waals surface area contributed by atoms with Crippen molar-refractivity contribution in [2.75, 3.05) is 6.61 Å². The van der Waals surface area contributed by atoms with E-state index in [0.717, 1.165) is 32.1 Å². The van der Waals surface area contributed by atoms with E-state index in [1.165, 1.54) is 0 Å². The molecule has 2 rings (SSSR count). The van der Waals surface area contributed by atoms with Crippen LogP contribution in [-0.2, 0) is 9.59 Å². The molecule has 5 nitrogen and oxygen atoms in total. The zero-order valence-corrected chi connectivity index (χ0v) is 11.2. The summed E-state index contributed by atoms with van der Waals surface area (Å²) in [6.45, 7) is 0.0952. The Kier molecular flexibility index (Phi) is 4.80. The van der Waals surface area contributed by atoms with E-state index in [-0.39, 0.29) is 24.5 Å². The number of hydrogen-bond acceptors (Lipinski definition) is 3. The minimum atomic E-state index is -0.861. The first kappa shape index (κ1) is 14.3. The van der Waals surface area contributed by atoms with Gasteiger partial charge >= 0.3 is 5.97 Å². The van der Waals surface area contributed by atoms with Crippen molar-refractivity contribution in [1.82, 2.24) is 5.32 Å². The molecule has 2 saturated carbocycles. The number of nitrogens with one attached hydrogen (secondary N) is 1. The van der Waals surface area contributed by atoms with Crippen LogP contribution >= 0.6 is 0 Å². The van der Waals surface area contributed by atoms with E-state index in [1.54, 1.807) is 0 Å². The molecule has 19 heavy (non-hydrogen) atoms. The Bertz CT molecular complexity index is 344. The van der Waals surface area contributed by atoms with Gasteiger partial charge in [-0.2, -0.15) is 0 Å². The first-order valence-corrected chi connectivity index (χ1v) is 7.27. The minimum Gasteiger partial charge on any atom is -0.481 e. The predicted molar refractivity (Wildman–Crippen MR) is 69.4 cm³/mol. The second-order valence-electron chi connectivity index (χ2n) is 5.82. The van der Waals surface area contributed by atoms with Crippen LogP contribution in [0.4, 0.5) is 0 Å². The number of rotatable bonds is 4. The molecule has 2 aliphatic rings. The quantitative estimate of drug-likeness (QED) is 0.714. The molecule has 0 heterocycles. The Balaban J connectivity index is 1.94. The van der Waals surface area contributed by atoms with E-state index in [1.807, 2.05) is 0 Å². The molecule has 0 saturated heterocycles. The van der Waals surface area contributed by atoms with Gasteiger partial charge in [0, 0.05) is 18.6 Å². The molecule has 0 aliphatic heterocycles. The third-order valence-electron chi connectivity index (χ3n) is 4.64. The van der Waals surface area contributed by atoms with Gasteiger partial charge in [-0.15, -0.1) is 0 Å². The Morgan fingerprint density at radius 3 is 2.37 bits per heavy atom. The number of aliphatic hydroxyl groups is 1. The average Bonchev–Trinajstić information content (AvgIpc) is 2.88. The van der Waals surface area contributed by atoms with Crippen molar-refractivity contribution < 1.29 is 19.8 Å². The average molecular weight is 269 g/mol. The summed E-state index contributed by atoms with van der Waals surface area (Å²) in [7, 11) is 0. The molecule has 4 unspecified atom stereocenters. The molecule has 3 N–H and O–H groups in total. The molecule has 0 aromatic heterocycles. The van der Waals surface area contributed by atoms with Crippen molar-refractivity contribution >= 4 is 11.9 Å². The van der Waals surface area contributed by atoms with Crippen molar-refractivity contribution in [2.45, 2.75) is 51.0 Å². The monoisotopic (exact) mass is 269 g/mol. The van der Waals surface area contributed by atoms with Crippen molar-refractivity contribution in [3.8, 4) is 0 Å². The molecule has 4 atom stereocenters. The lowest BCUT2D eigenvalue weighted by atomic mass is 9.84. The van der Waals surface area contributed by atoms with Crippen LogP contribution in [0.1, 0.15) is 44.9 Å². The van der Waals surface area contributed by atoms with Crippen LogP contribution < -0.4 is 5.32 Å². The van der Waals surface area contributed by atoms with E-state index < -0.39 is 17.8 Å². The molecule has 5 heteroatoms. The van der Waals surface area contributed by atoms with Crippen molar-refractivity contribution in [3.05, 3.63) is 0 Å². The van der Waals surface area contributed by atoms with Crippen molar-refractivity contribution in [1.29, 1.82) is 0 Å². The van der Waals surface area contributed by atoms with E-state index >= 15 is 0 Å². The van der Waals surface area contributed by atoms with Crippen LogP contribution in [0.25, 0.3) is 0 Å². The van der Waals surface area contributed by atoms with Gasteiger partial charge < -0.3 is 15.5 Å². The van der Waals surface area contributed by atoms with Crippen LogP contribution in [0.5, 0.6) is 0 Å². The van der Waals surface area contributed by atoms with Gasteiger partial charge in [0.15, 0.2) is 0 Å². The molecular weight excluding hydrogens is 246 g/mol. The highest BCUT2D eigenvalue weighted by Gasteiger charge is 2.39. The van der Waals surface area contributed by atoms with Gasteiger partial charge in [-0.25, -0.2) is 0 Å². The second kappa shape index (κ2) is 6.37. The number of aliphatic hydroxyl groups excluding tert-OH is 1. The molecule has 0 bridgehead atoms. The van der Waals surface area contributed by atoms with Gasteiger partial charge in [-0.05, 0) is 25.7 Å². The first-order chi connectivity index (χ1) is 9.13. The summed E-state index contributed by atoms with van der Waals surface area (Å²) < 4.78 is 0. The predicted octanol–water partition coefficient (Wildman–Crippen LogP) is 1.15. The smallest absolute Gasteiger partial charge is 0.307 e. The largest absolute Gasteiger partial charge is 0.481 e. The molecule has 0 spiro atoms. The maximum atomic E-state index is 12.2. The fourth-order valence-electron chi connectivity index (χ4n) is 3.48. The molecule has 0 aromatic rings. The lowest BCUT2D eigenvalue weighted by Gasteiger charge is -2.32. The summed E-state index contributed by atoms with van der Waals surface area (Å²) >= 11 is 0. The lowest BCUT2D eigenvalue weighted by molar-refractivity contribution is -0.146. The van der Waals surface area contributed by atoms with E-state index in [2.05, 4.69) is 5.32 Å². The van der Waals surface area contributed by atoms with Gasteiger partial charge in [-0.3, -0.25) is 9.59 Å². The Hall–Kier alpha value is -1.10. The van der Waals surface area contributed by atoms with E-state index in [9.17, 15) is 14.7 Å². The zero-order chi connectivity index (χ0) is 13.8. The first-order valence-electron chi connectivity index (χ1n) is 7.27. The summed E-state index contributed by atoms with van der Waals surface area (Å²) in [5, 5.41) is 21.4. The van der Waals surface area contributed by atoms with Gasteiger partial charge in [0.25, 0.3) is 0 Å².